The van der Waals surface area contributed by atoms with Crippen LogP contribution in [0.3, 0.4) is 0 Å². The minimum absolute atomic E-state index is 0.0573. The maximum Gasteiger partial charge on any atom is 0.257 e. The summed E-state index contributed by atoms with van der Waals surface area (Å²) in [6.45, 7) is 0. The fourth-order valence-electron chi connectivity index (χ4n) is 2.55. The molecule has 0 bridgehead atoms. The molecule has 1 amide bonds. The average Bonchev–Trinajstić information content (AvgIpc) is 2.63. The van der Waals surface area contributed by atoms with E-state index in [1.807, 2.05) is 30.3 Å². The molecule has 7 heteroatoms. The lowest BCUT2D eigenvalue weighted by atomic mass is 10.0. The van der Waals surface area contributed by atoms with Crippen LogP contribution in [0, 0.1) is 0 Å². The summed E-state index contributed by atoms with van der Waals surface area (Å²) in [7, 11) is -3.40. The molecule has 0 heterocycles. The number of nitrogens with one attached hydrogen (secondary N) is 1. The van der Waals surface area contributed by atoms with Gasteiger partial charge in [-0.1, -0.05) is 53.5 Å². The fraction of sp³-hybridized carbons (Fsp3) is 0.0500. The number of sulfone groups is 1. The van der Waals surface area contributed by atoms with Crippen LogP contribution in [0.25, 0.3) is 11.1 Å². The normalized spacial score (nSPS) is 11.2. The van der Waals surface area contributed by atoms with E-state index in [1.165, 1.54) is 18.2 Å². The highest BCUT2D eigenvalue weighted by Crippen LogP contribution is 2.31. The molecule has 4 nitrogen and oxygen atoms in total. The summed E-state index contributed by atoms with van der Waals surface area (Å²) in [5, 5.41) is 3.39. The molecular weight excluding hydrogens is 405 g/mol. The molecule has 3 aromatic carbocycles. The smallest absolute Gasteiger partial charge is 0.257 e. The third-order valence-electron chi connectivity index (χ3n) is 3.92. The van der Waals surface area contributed by atoms with Crippen LogP contribution in [0.5, 0.6) is 0 Å². The number of carbonyl (C=O) groups is 1. The van der Waals surface area contributed by atoms with E-state index in [0.717, 1.165) is 17.4 Å². The first-order valence-electron chi connectivity index (χ1n) is 7.91. The van der Waals surface area contributed by atoms with E-state index >= 15 is 0 Å². The highest BCUT2D eigenvalue weighted by molar-refractivity contribution is 7.90. The Morgan fingerprint density at radius 1 is 0.889 bits per heavy atom. The Kier molecular flexibility index (Phi) is 5.56. The van der Waals surface area contributed by atoms with E-state index < -0.39 is 15.7 Å². The Hall–Kier alpha value is -2.34. The first-order chi connectivity index (χ1) is 12.8. The zero-order valence-electron chi connectivity index (χ0n) is 14.2. The first-order valence-corrected chi connectivity index (χ1v) is 10.6. The number of halogens is 2. The molecule has 27 heavy (non-hydrogen) atoms. The van der Waals surface area contributed by atoms with Crippen molar-refractivity contribution < 1.29 is 13.2 Å². The van der Waals surface area contributed by atoms with Crippen molar-refractivity contribution in [3.63, 3.8) is 0 Å². The van der Waals surface area contributed by atoms with Gasteiger partial charge < -0.3 is 5.32 Å². The topological polar surface area (TPSA) is 63.2 Å². The molecule has 3 aromatic rings. The van der Waals surface area contributed by atoms with Crippen molar-refractivity contribution in [1.29, 1.82) is 0 Å². The van der Waals surface area contributed by atoms with Crippen molar-refractivity contribution in [2.45, 2.75) is 4.90 Å². The number of benzene rings is 3. The number of amides is 1. The molecule has 0 saturated heterocycles. The summed E-state index contributed by atoms with van der Waals surface area (Å²) in [6.07, 6.45) is 1.08. The molecule has 0 spiro atoms. The van der Waals surface area contributed by atoms with Gasteiger partial charge in [-0.05, 0) is 42.0 Å². The molecule has 3 rings (SSSR count). The van der Waals surface area contributed by atoms with Crippen molar-refractivity contribution in [2.75, 3.05) is 11.6 Å². The summed E-state index contributed by atoms with van der Waals surface area (Å²) >= 11 is 12.4. The van der Waals surface area contributed by atoms with Gasteiger partial charge in [0.25, 0.3) is 5.91 Å². The maximum absolute atomic E-state index is 12.6. The number of carbonyl (C=O) groups excluding carboxylic acids is 1. The molecule has 0 saturated carbocycles. The number of rotatable bonds is 4. The van der Waals surface area contributed by atoms with Crippen molar-refractivity contribution in [3.05, 3.63) is 82.3 Å². The molecule has 1 N–H and O–H groups in total. The zero-order valence-corrected chi connectivity index (χ0v) is 16.6. The Balaban J connectivity index is 1.89. The zero-order chi connectivity index (χ0) is 19.6. The van der Waals surface area contributed by atoms with Gasteiger partial charge in [-0.2, -0.15) is 0 Å². The lowest BCUT2D eigenvalue weighted by Crippen LogP contribution is -2.13. The average molecular weight is 420 g/mol. The highest BCUT2D eigenvalue weighted by atomic mass is 35.5. The van der Waals surface area contributed by atoms with Crippen LogP contribution in [0.1, 0.15) is 10.4 Å². The van der Waals surface area contributed by atoms with Gasteiger partial charge in [-0.15, -0.1) is 0 Å². The van der Waals surface area contributed by atoms with Crippen LogP contribution < -0.4 is 5.32 Å². The molecule has 0 aliphatic heterocycles. The van der Waals surface area contributed by atoms with Gasteiger partial charge >= 0.3 is 0 Å². The second-order valence-electron chi connectivity index (χ2n) is 5.93. The molecule has 0 aliphatic rings. The van der Waals surface area contributed by atoms with Gasteiger partial charge in [0.05, 0.1) is 15.5 Å². The van der Waals surface area contributed by atoms with E-state index in [4.69, 9.17) is 23.2 Å². The Morgan fingerprint density at radius 2 is 1.59 bits per heavy atom. The lowest BCUT2D eigenvalue weighted by molar-refractivity contribution is 0.102. The monoisotopic (exact) mass is 419 g/mol. The predicted molar refractivity (Wildman–Crippen MR) is 109 cm³/mol. The van der Waals surface area contributed by atoms with Crippen LogP contribution >= 0.6 is 23.2 Å². The summed E-state index contributed by atoms with van der Waals surface area (Å²) < 4.78 is 23.2. The number of hydrogen-bond donors (Lipinski definition) is 1. The predicted octanol–water partition coefficient (Wildman–Crippen LogP) is 5.32. The maximum atomic E-state index is 12.6. The third-order valence-corrected chi connectivity index (χ3v) is 5.67. The summed E-state index contributed by atoms with van der Waals surface area (Å²) in [4.78, 5) is 12.6. The van der Waals surface area contributed by atoms with E-state index in [9.17, 15) is 13.2 Å². The van der Waals surface area contributed by atoms with Crippen LogP contribution in [0.2, 0.25) is 10.0 Å². The number of hydrogen-bond acceptors (Lipinski definition) is 3. The van der Waals surface area contributed by atoms with Crippen molar-refractivity contribution in [2.24, 2.45) is 0 Å². The van der Waals surface area contributed by atoms with Crippen LogP contribution in [0.15, 0.2) is 71.6 Å². The molecule has 0 radical (unpaired) electrons. The second-order valence-corrected chi connectivity index (χ2v) is 8.76. The third kappa shape index (κ3) is 4.50. The van der Waals surface area contributed by atoms with Gasteiger partial charge in [-0.3, -0.25) is 4.79 Å². The number of anilines is 1. The van der Waals surface area contributed by atoms with Crippen molar-refractivity contribution in [1.82, 2.24) is 0 Å². The molecule has 0 fully saturated rings. The van der Waals surface area contributed by atoms with Gasteiger partial charge in [0.1, 0.15) is 0 Å². The lowest BCUT2D eigenvalue weighted by Gasteiger charge is -2.11. The van der Waals surface area contributed by atoms with Crippen molar-refractivity contribution >= 4 is 44.6 Å². The Bertz CT molecular complexity index is 1110. The van der Waals surface area contributed by atoms with E-state index in [0.29, 0.717) is 10.7 Å². The van der Waals surface area contributed by atoms with E-state index in [1.54, 1.807) is 18.2 Å². The minimum atomic E-state index is -3.40. The molecule has 138 valence electrons. The van der Waals surface area contributed by atoms with E-state index in [-0.39, 0.29) is 15.5 Å². The SMILES string of the molecule is CS(=O)(=O)c1ccc(C(=O)Nc2ccc(Cl)c(-c3ccccc3)c2)c(Cl)c1. The quantitative estimate of drug-likeness (QED) is 0.622. The highest BCUT2D eigenvalue weighted by Gasteiger charge is 2.15. The van der Waals surface area contributed by atoms with Crippen LogP contribution in [-0.2, 0) is 9.84 Å². The second kappa shape index (κ2) is 7.72. The Morgan fingerprint density at radius 3 is 2.22 bits per heavy atom. The molecule has 0 atom stereocenters. The van der Waals surface area contributed by atoms with Gasteiger partial charge in [0, 0.05) is 22.5 Å². The van der Waals surface area contributed by atoms with Crippen LogP contribution in [-0.4, -0.2) is 20.6 Å². The minimum Gasteiger partial charge on any atom is -0.322 e. The molecule has 0 unspecified atom stereocenters. The summed E-state index contributed by atoms with van der Waals surface area (Å²) in [6, 6.07) is 18.7. The molecule has 0 aromatic heterocycles. The first kappa shape index (κ1) is 19.4. The van der Waals surface area contributed by atoms with Gasteiger partial charge in [0.2, 0.25) is 0 Å². The Labute approximate surface area is 167 Å². The van der Waals surface area contributed by atoms with Gasteiger partial charge in [0.15, 0.2) is 9.84 Å². The van der Waals surface area contributed by atoms with E-state index in [2.05, 4.69) is 5.32 Å². The summed E-state index contributed by atoms with van der Waals surface area (Å²) in [5.41, 5.74) is 2.44. The standard InChI is InChI=1S/C20H15Cl2NO3S/c1-27(25,26)15-8-9-16(19(22)12-15)20(24)23-14-7-10-18(21)17(11-14)13-5-3-2-4-6-13/h2-12H,1H3,(H,23,24). The molecule has 0 aliphatic carbocycles. The van der Waals surface area contributed by atoms with Crippen LogP contribution in [0.4, 0.5) is 5.69 Å². The largest absolute Gasteiger partial charge is 0.322 e. The summed E-state index contributed by atoms with van der Waals surface area (Å²) in [5.74, 6) is -0.443. The van der Waals surface area contributed by atoms with Crippen molar-refractivity contribution in [3.8, 4) is 11.1 Å². The fourth-order valence-corrected chi connectivity index (χ4v) is 3.76. The van der Waals surface area contributed by atoms with Gasteiger partial charge in [-0.25, -0.2) is 8.42 Å². The molecular formula is C20H15Cl2NO3S.